The van der Waals surface area contributed by atoms with Crippen LogP contribution in [0.4, 0.5) is 5.69 Å². The Morgan fingerprint density at radius 1 is 1.27 bits per heavy atom. The number of rotatable bonds is 9. The quantitative estimate of drug-likeness (QED) is 0.431. The minimum atomic E-state index is -1.14. The van der Waals surface area contributed by atoms with E-state index in [4.69, 9.17) is 20.3 Å². The van der Waals surface area contributed by atoms with Crippen LogP contribution in [0.5, 0.6) is 0 Å². The second-order valence-electron chi connectivity index (χ2n) is 8.23. The highest BCUT2D eigenvalue weighted by atomic mass is 32.1. The van der Waals surface area contributed by atoms with Crippen molar-refractivity contribution in [3.05, 3.63) is 58.4 Å². The Morgan fingerprint density at radius 2 is 2.00 bits per heavy atom. The molecular formula is C22H27N5O5S. The van der Waals surface area contributed by atoms with Gasteiger partial charge in [0.2, 0.25) is 0 Å². The summed E-state index contributed by atoms with van der Waals surface area (Å²) in [5.41, 5.74) is 10.5. The van der Waals surface area contributed by atoms with Gasteiger partial charge in [0.25, 0.3) is 17.7 Å². The van der Waals surface area contributed by atoms with Crippen molar-refractivity contribution in [2.45, 2.75) is 52.2 Å². The molecule has 33 heavy (non-hydrogen) atoms. The summed E-state index contributed by atoms with van der Waals surface area (Å²) in [6.07, 6.45) is 2.13. The number of carbonyl (C=O) groups is 3. The van der Waals surface area contributed by atoms with Gasteiger partial charge in [0.05, 0.1) is 18.5 Å². The van der Waals surface area contributed by atoms with Crippen molar-refractivity contribution >= 4 is 34.9 Å². The highest BCUT2D eigenvalue weighted by Crippen LogP contribution is 2.31. The van der Waals surface area contributed by atoms with Crippen LogP contribution in [0.25, 0.3) is 0 Å². The fourth-order valence-electron chi connectivity index (χ4n) is 3.13. The molecule has 0 saturated carbocycles. The lowest BCUT2D eigenvalue weighted by Crippen LogP contribution is -2.50. The Hall–Kier alpha value is -3.60. The molecule has 0 aliphatic heterocycles. The highest BCUT2D eigenvalue weighted by Gasteiger charge is 2.38. The van der Waals surface area contributed by atoms with Gasteiger partial charge in [-0.15, -0.1) is 0 Å². The van der Waals surface area contributed by atoms with Crippen LogP contribution >= 0.6 is 11.5 Å². The third-order valence-electron chi connectivity index (χ3n) is 5.26. The van der Waals surface area contributed by atoms with Gasteiger partial charge >= 0.3 is 0 Å². The van der Waals surface area contributed by atoms with Crippen molar-refractivity contribution in [2.75, 3.05) is 5.73 Å². The van der Waals surface area contributed by atoms with E-state index < -0.39 is 29.3 Å². The van der Waals surface area contributed by atoms with E-state index in [-0.39, 0.29) is 28.6 Å². The molecule has 3 amide bonds. The highest BCUT2D eigenvalue weighted by molar-refractivity contribution is 7.09. The summed E-state index contributed by atoms with van der Waals surface area (Å²) in [5, 5.41) is 2.98. The van der Waals surface area contributed by atoms with E-state index in [0.29, 0.717) is 17.9 Å². The number of hydrogen-bond acceptors (Lipinski definition) is 8. The smallest absolute Gasteiger partial charge is 0.270 e. The molecule has 0 aromatic carbocycles. The maximum atomic E-state index is 13.7. The maximum absolute atomic E-state index is 13.7. The summed E-state index contributed by atoms with van der Waals surface area (Å²) in [4.78, 5) is 40.1. The van der Waals surface area contributed by atoms with E-state index in [2.05, 4.69) is 9.69 Å². The predicted molar refractivity (Wildman–Crippen MR) is 122 cm³/mol. The molecule has 0 spiro atoms. The number of nitrogens with one attached hydrogen (secondary N) is 1. The number of carbonyl (C=O) groups excluding carboxylic acids is 3. The number of furan rings is 2. The van der Waals surface area contributed by atoms with Gasteiger partial charge in [0, 0.05) is 5.54 Å². The predicted octanol–water partition coefficient (Wildman–Crippen LogP) is 3.01. The molecule has 3 aromatic rings. The number of nitrogens with two attached hydrogens (primary N) is 2. The average molecular weight is 474 g/mol. The molecule has 3 aromatic heterocycles. The van der Waals surface area contributed by atoms with E-state index in [1.807, 2.05) is 20.8 Å². The number of primary amides is 1. The molecular weight excluding hydrogens is 446 g/mol. The molecule has 0 aliphatic carbocycles. The topological polar surface area (TPSA) is 158 Å². The monoisotopic (exact) mass is 473 g/mol. The lowest BCUT2D eigenvalue weighted by Gasteiger charge is -2.32. The van der Waals surface area contributed by atoms with Gasteiger partial charge in [0.1, 0.15) is 22.2 Å². The molecule has 11 heteroatoms. The van der Waals surface area contributed by atoms with E-state index in [9.17, 15) is 14.4 Å². The van der Waals surface area contributed by atoms with Crippen molar-refractivity contribution < 1.29 is 23.2 Å². The first-order valence-corrected chi connectivity index (χ1v) is 11.1. The van der Waals surface area contributed by atoms with Crippen LogP contribution in [-0.4, -0.2) is 32.5 Å². The van der Waals surface area contributed by atoms with E-state index in [0.717, 1.165) is 11.5 Å². The Labute approximate surface area is 195 Å². The first-order chi connectivity index (χ1) is 15.5. The summed E-state index contributed by atoms with van der Waals surface area (Å²) >= 11 is 0.741. The third kappa shape index (κ3) is 5.25. The SMILES string of the molecule is CCC(C)(C)NC(=O)C(c1ccc(C)o1)N(Cc1ccco1)C(=O)c1snc(C(N)=O)c1N. The van der Waals surface area contributed by atoms with Gasteiger partial charge in [-0.25, -0.2) is 0 Å². The first-order valence-electron chi connectivity index (χ1n) is 10.3. The fraction of sp³-hybridized carbons (Fsp3) is 0.364. The molecule has 0 radical (unpaired) electrons. The summed E-state index contributed by atoms with van der Waals surface area (Å²) < 4.78 is 15.1. The number of nitrogens with zero attached hydrogens (tertiary/aromatic N) is 2. The molecule has 3 rings (SSSR count). The fourth-order valence-corrected chi connectivity index (χ4v) is 3.89. The number of aryl methyl sites for hydroxylation is 1. The number of aromatic nitrogens is 1. The second-order valence-corrected chi connectivity index (χ2v) is 9.00. The molecule has 1 unspecified atom stereocenters. The Morgan fingerprint density at radius 3 is 2.52 bits per heavy atom. The first kappa shape index (κ1) is 24.1. The molecule has 0 bridgehead atoms. The Kier molecular flexibility index (Phi) is 6.92. The van der Waals surface area contributed by atoms with Crippen LogP contribution in [0, 0.1) is 6.92 Å². The van der Waals surface area contributed by atoms with Gasteiger partial charge in [0.15, 0.2) is 11.7 Å². The molecule has 3 heterocycles. The van der Waals surface area contributed by atoms with Crippen LogP contribution < -0.4 is 16.8 Å². The molecule has 0 aliphatic rings. The maximum Gasteiger partial charge on any atom is 0.270 e. The Bertz CT molecular complexity index is 1150. The van der Waals surface area contributed by atoms with Gasteiger partial charge in [-0.1, -0.05) is 6.92 Å². The lowest BCUT2D eigenvalue weighted by molar-refractivity contribution is -0.128. The van der Waals surface area contributed by atoms with Crippen LogP contribution in [0.1, 0.15) is 70.7 Å². The van der Waals surface area contributed by atoms with Crippen LogP contribution in [0.3, 0.4) is 0 Å². The zero-order valence-corrected chi connectivity index (χ0v) is 19.7. The summed E-state index contributed by atoms with van der Waals surface area (Å²) in [7, 11) is 0. The number of amides is 3. The normalized spacial score (nSPS) is 12.4. The summed E-state index contributed by atoms with van der Waals surface area (Å²) in [6, 6.07) is 5.58. The zero-order valence-electron chi connectivity index (χ0n) is 18.9. The van der Waals surface area contributed by atoms with E-state index in [1.54, 1.807) is 31.2 Å². The molecule has 5 N–H and O–H groups in total. The molecule has 176 valence electrons. The third-order valence-corrected chi connectivity index (χ3v) is 6.11. The van der Waals surface area contributed by atoms with Gasteiger partial charge < -0.3 is 30.5 Å². The molecule has 0 saturated heterocycles. The van der Waals surface area contributed by atoms with Gasteiger partial charge in [-0.2, -0.15) is 4.37 Å². The largest absolute Gasteiger partial charge is 0.467 e. The van der Waals surface area contributed by atoms with Crippen molar-refractivity contribution in [1.82, 2.24) is 14.6 Å². The van der Waals surface area contributed by atoms with Crippen molar-refractivity contribution in [2.24, 2.45) is 5.73 Å². The minimum absolute atomic E-state index is 0.00816. The second kappa shape index (κ2) is 9.49. The number of hydrogen-bond donors (Lipinski definition) is 3. The van der Waals surface area contributed by atoms with Crippen LogP contribution in [-0.2, 0) is 11.3 Å². The standard InChI is InChI=1S/C22H27N5O5S/c1-5-22(3,4)25-20(29)17(14-9-8-12(2)32-14)27(11-13-7-6-10-31-13)21(30)18-15(23)16(19(24)28)26-33-18/h6-10,17H,5,11,23H2,1-4H3,(H2,24,28)(H,25,29). The van der Waals surface area contributed by atoms with E-state index in [1.165, 1.54) is 11.2 Å². The average Bonchev–Trinajstić information content (AvgIpc) is 3.48. The van der Waals surface area contributed by atoms with Gasteiger partial charge in [-0.3, -0.25) is 14.4 Å². The van der Waals surface area contributed by atoms with Crippen LogP contribution in [0.2, 0.25) is 0 Å². The summed E-state index contributed by atoms with van der Waals surface area (Å²) in [5.74, 6) is -0.601. The molecule has 1 atom stereocenters. The van der Waals surface area contributed by atoms with Gasteiger partial charge in [-0.05, 0) is 63.0 Å². The summed E-state index contributed by atoms with van der Waals surface area (Å²) in [6.45, 7) is 7.40. The molecule has 10 nitrogen and oxygen atoms in total. The molecule has 0 fully saturated rings. The minimum Gasteiger partial charge on any atom is -0.467 e. The number of nitrogen functional groups attached to an aromatic ring is 1. The zero-order chi connectivity index (χ0) is 24.3. The lowest BCUT2D eigenvalue weighted by atomic mass is 10.0. The van der Waals surface area contributed by atoms with Crippen molar-refractivity contribution in [3.8, 4) is 0 Å². The number of anilines is 1. The van der Waals surface area contributed by atoms with Crippen molar-refractivity contribution in [3.63, 3.8) is 0 Å². The Balaban J connectivity index is 2.10. The van der Waals surface area contributed by atoms with Crippen LogP contribution in [0.15, 0.2) is 39.4 Å². The van der Waals surface area contributed by atoms with Crippen molar-refractivity contribution in [1.29, 1.82) is 0 Å². The van der Waals surface area contributed by atoms with E-state index >= 15 is 0 Å².